The monoisotopic (exact) mass is 1160 g/mol. The molecule has 1 aliphatic rings. The van der Waals surface area contributed by atoms with Gasteiger partial charge in [-0.15, -0.1) is 0 Å². The van der Waals surface area contributed by atoms with E-state index in [0.717, 1.165) is 148 Å². The lowest BCUT2D eigenvalue weighted by molar-refractivity contribution is -0.301. The van der Waals surface area contributed by atoms with Crippen LogP contribution in [-0.4, -0.2) is 89.2 Å². The lowest BCUT2D eigenvalue weighted by atomic mass is 9.98. The topological polar surface area (TPSA) is 175 Å². The van der Waals surface area contributed by atoms with Gasteiger partial charge in [0.2, 0.25) is 0 Å². The predicted octanol–water partition coefficient (Wildman–Crippen LogP) is 17.8. The Bertz CT molecular complexity index is 1860. The fourth-order valence-electron chi connectivity index (χ4n) is 9.28. The summed E-state index contributed by atoms with van der Waals surface area (Å²) in [4.78, 5) is 51.4. The molecule has 472 valence electrons. The van der Waals surface area contributed by atoms with E-state index >= 15 is 0 Å². The van der Waals surface area contributed by atoms with Crippen molar-refractivity contribution >= 4 is 23.9 Å². The second-order valence-electron chi connectivity index (χ2n) is 22.0. The molecule has 0 bridgehead atoms. The highest BCUT2D eigenvalue weighted by atomic mass is 16.7. The highest BCUT2D eigenvalue weighted by Gasteiger charge is 2.50. The molecule has 0 spiro atoms. The number of aliphatic hydroxyl groups excluding tert-OH is 2. The Hall–Kier alpha value is -4.62. The largest absolute Gasteiger partial charge is 0.479 e. The maximum absolute atomic E-state index is 13.2. The van der Waals surface area contributed by atoms with Gasteiger partial charge in [0.15, 0.2) is 24.6 Å². The Morgan fingerprint density at radius 2 is 0.759 bits per heavy atom. The average Bonchev–Trinajstić information content (AvgIpc) is 3.55. The number of aliphatic carboxylic acids is 1. The zero-order valence-corrected chi connectivity index (χ0v) is 52.2. The third-order valence-electron chi connectivity index (χ3n) is 14.3. The lowest BCUT2D eigenvalue weighted by Crippen LogP contribution is -2.61. The minimum Gasteiger partial charge on any atom is -0.479 e. The standard InChI is InChI=1S/C71H116O12/c1-4-7-10-13-16-19-22-25-28-31-32-35-38-41-44-47-50-53-56-59-65(74)82-69-67(76)66(75)68(70(77)78)83-71(69)80-61-62(81-64(73)58-55-52-49-46-43-40-37-34-30-27-24-21-18-15-12-9-6-3)60-79-63(72)57-54-51-48-45-42-39-36-33-29-26-23-20-17-14-11-8-5-2/h7,10,16-21,25-30,32,35,41,44,62,66-69,71,75-76H,4-6,8-9,11-15,22-24,31,33-34,36-40,42-43,45-61H2,1-3H3,(H,77,78)/b10-7-,19-16-,20-17-,21-18-,28-25-,29-26-,30-27-,35-32-,44-41-. The molecule has 6 atom stereocenters. The Morgan fingerprint density at radius 3 is 1.17 bits per heavy atom. The van der Waals surface area contributed by atoms with Crippen LogP contribution >= 0.6 is 0 Å². The molecule has 6 unspecified atom stereocenters. The molecule has 1 rings (SSSR count). The van der Waals surface area contributed by atoms with Crippen LogP contribution in [0.2, 0.25) is 0 Å². The summed E-state index contributed by atoms with van der Waals surface area (Å²) in [6, 6.07) is 0. The zero-order chi connectivity index (χ0) is 60.3. The van der Waals surface area contributed by atoms with E-state index in [2.05, 4.69) is 130 Å². The van der Waals surface area contributed by atoms with E-state index in [0.29, 0.717) is 19.3 Å². The maximum atomic E-state index is 13.2. The summed E-state index contributed by atoms with van der Waals surface area (Å²) in [5.41, 5.74) is 0. The van der Waals surface area contributed by atoms with Crippen LogP contribution in [0.5, 0.6) is 0 Å². The summed E-state index contributed by atoms with van der Waals surface area (Å²) in [5.74, 6) is -3.18. The minimum absolute atomic E-state index is 0.0149. The predicted molar refractivity (Wildman–Crippen MR) is 340 cm³/mol. The summed E-state index contributed by atoms with van der Waals surface area (Å²) in [5, 5.41) is 31.6. The van der Waals surface area contributed by atoms with Crippen molar-refractivity contribution in [3.8, 4) is 0 Å². The van der Waals surface area contributed by atoms with Crippen LogP contribution in [0.3, 0.4) is 0 Å². The summed E-state index contributed by atoms with van der Waals surface area (Å²) in [6.45, 7) is 5.82. The van der Waals surface area contributed by atoms with E-state index in [-0.39, 0.29) is 25.9 Å². The van der Waals surface area contributed by atoms with Crippen LogP contribution in [0.4, 0.5) is 0 Å². The number of hydrogen-bond donors (Lipinski definition) is 3. The van der Waals surface area contributed by atoms with Gasteiger partial charge in [-0.1, -0.05) is 226 Å². The average molecular weight is 1160 g/mol. The highest BCUT2D eigenvalue weighted by molar-refractivity contribution is 5.74. The van der Waals surface area contributed by atoms with Crippen molar-refractivity contribution in [1.29, 1.82) is 0 Å². The van der Waals surface area contributed by atoms with Crippen LogP contribution in [0.15, 0.2) is 109 Å². The number of unbranched alkanes of at least 4 members (excludes halogenated alkanes) is 23. The smallest absolute Gasteiger partial charge is 0.335 e. The third kappa shape index (κ3) is 47.3. The van der Waals surface area contributed by atoms with Crippen molar-refractivity contribution in [2.75, 3.05) is 13.2 Å². The van der Waals surface area contributed by atoms with Crippen LogP contribution in [0.25, 0.3) is 0 Å². The van der Waals surface area contributed by atoms with E-state index in [1.807, 2.05) is 0 Å². The number of esters is 3. The van der Waals surface area contributed by atoms with Gasteiger partial charge in [-0.25, -0.2) is 4.79 Å². The molecule has 0 aliphatic carbocycles. The van der Waals surface area contributed by atoms with E-state index in [1.165, 1.54) is 57.8 Å². The summed E-state index contributed by atoms with van der Waals surface area (Å²) in [7, 11) is 0. The fourth-order valence-corrected chi connectivity index (χ4v) is 9.28. The van der Waals surface area contributed by atoms with E-state index in [4.69, 9.17) is 23.7 Å². The Labute approximate surface area is 504 Å². The van der Waals surface area contributed by atoms with Crippen LogP contribution < -0.4 is 0 Å². The van der Waals surface area contributed by atoms with Crippen LogP contribution in [0, 0.1) is 0 Å². The van der Waals surface area contributed by atoms with Gasteiger partial charge < -0.3 is 39.0 Å². The molecule has 1 fully saturated rings. The maximum Gasteiger partial charge on any atom is 0.335 e. The summed E-state index contributed by atoms with van der Waals surface area (Å²) < 4.78 is 28.5. The summed E-state index contributed by atoms with van der Waals surface area (Å²) in [6.07, 6.45) is 66.0. The Balaban J connectivity index is 2.70. The SMILES string of the molecule is CC/C=C\C/C=C\C/C=C\C/C=C\C/C=C\CCCCCC(=O)OC1C(OCC(COC(=O)CCCCCCCCC/C=C\C/C=C\CCCCC)OC(=O)CCCCCCCCC/C=C\C/C=C\CCCCC)OC(C(=O)O)C(O)C1O. The number of hydrogen-bond acceptors (Lipinski definition) is 11. The summed E-state index contributed by atoms with van der Waals surface area (Å²) >= 11 is 0. The molecule has 1 aliphatic heterocycles. The zero-order valence-electron chi connectivity index (χ0n) is 52.2. The van der Waals surface area contributed by atoms with Crippen molar-refractivity contribution in [3.05, 3.63) is 109 Å². The van der Waals surface area contributed by atoms with Crippen molar-refractivity contribution in [2.24, 2.45) is 0 Å². The Morgan fingerprint density at radius 1 is 0.410 bits per heavy atom. The molecule has 12 heteroatoms. The van der Waals surface area contributed by atoms with Gasteiger partial charge in [-0.2, -0.15) is 0 Å². The van der Waals surface area contributed by atoms with Crippen molar-refractivity contribution in [1.82, 2.24) is 0 Å². The molecule has 3 N–H and O–H groups in total. The van der Waals surface area contributed by atoms with Crippen molar-refractivity contribution in [2.45, 2.75) is 302 Å². The molecular formula is C71H116O12. The van der Waals surface area contributed by atoms with Gasteiger partial charge in [-0.05, 0) is 128 Å². The molecule has 1 saturated heterocycles. The highest BCUT2D eigenvalue weighted by Crippen LogP contribution is 2.26. The van der Waals surface area contributed by atoms with Crippen molar-refractivity contribution in [3.63, 3.8) is 0 Å². The van der Waals surface area contributed by atoms with Crippen LogP contribution in [0.1, 0.15) is 265 Å². The molecule has 0 amide bonds. The molecule has 12 nitrogen and oxygen atoms in total. The number of carbonyl (C=O) groups excluding carboxylic acids is 3. The van der Waals surface area contributed by atoms with Gasteiger partial charge in [0.25, 0.3) is 0 Å². The number of rotatable bonds is 55. The molecule has 0 aromatic heterocycles. The van der Waals surface area contributed by atoms with E-state index < -0.39 is 67.3 Å². The molecule has 0 aromatic carbocycles. The molecule has 1 heterocycles. The van der Waals surface area contributed by atoms with E-state index in [9.17, 15) is 34.5 Å². The van der Waals surface area contributed by atoms with Gasteiger partial charge in [-0.3, -0.25) is 14.4 Å². The molecule has 83 heavy (non-hydrogen) atoms. The number of aliphatic hydroxyl groups is 2. The number of allylic oxidation sites excluding steroid dienone is 18. The Kier molecular flexibility index (Phi) is 53.2. The lowest BCUT2D eigenvalue weighted by Gasteiger charge is -2.40. The van der Waals surface area contributed by atoms with Gasteiger partial charge >= 0.3 is 23.9 Å². The minimum atomic E-state index is -1.92. The first-order valence-corrected chi connectivity index (χ1v) is 32.9. The first-order valence-electron chi connectivity index (χ1n) is 32.9. The fraction of sp³-hybridized carbons (Fsp3) is 0.690. The third-order valence-corrected chi connectivity index (χ3v) is 14.3. The second-order valence-corrected chi connectivity index (χ2v) is 22.0. The number of carbonyl (C=O) groups is 4. The number of carboxylic acid groups (broad SMARTS) is 1. The quantitative estimate of drug-likeness (QED) is 0.0228. The van der Waals surface area contributed by atoms with Crippen molar-refractivity contribution < 1.29 is 58.2 Å². The van der Waals surface area contributed by atoms with Gasteiger partial charge in [0, 0.05) is 19.3 Å². The second kappa shape index (κ2) is 57.8. The van der Waals surface area contributed by atoms with E-state index in [1.54, 1.807) is 0 Å². The molecule has 0 aromatic rings. The van der Waals surface area contributed by atoms with Crippen LogP contribution in [-0.2, 0) is 42.9 Å². The molecule has 0 saturated carbocycles. The molecular weight excluding hydrogens is 1040 g/mol. The number of ether oxygens (including phenoxy) is 5. The first-order chi connectivity index (χ1) is 40.6. The first kappa shape index (κ1) is 76.4. The normalized spacial score (nSPS) is 18.3. The number of carboxylic acids is 1. The van der Waals surface area contributed by atoms with Gasteiger partial charge in [0.05, 0.1) is 6.61 Å². The van der Waals surface area contributed by atoms with Gasteiger partial charge in [0.1, 0.15) is 18.8 Å². The molecule has 0 radical (unpaired) electrons.